The van der Waals surface area contributed by atoms with Gasteiger partial charge in [0.1, 0.15) is 17.9 Å². The quantitative estimate of drug-likeness (QED) is 0.120. The predicted molar refractivity (Wildman–Crippen MR) is 256 cm³/mol. The average molecular weight is 900 g/mol. The van der Waals surface area contributed by atoms with Crippen molar-refractivity contribution in [3.05, 3.63) is 119 Å². The Balaban J connectivity index is 0.766. The van der Waals surface area contributed by atoms with Crippen LogP contribution in [0.5, 0.6) is 0 Å². The van der Waals surface area contributed by atoms with E-state index in [-0.39, 0.29) is 41.6 Å². The molecule has 0 spiro atoms. The molecule has 4 aliphatic heterocycles. The summed E-state index contributed by atoms with van der Waals surface area (Å²) in [4.78, 5) is 71.1. The van der Waals surface area contributed by atoms with E-state index in [1.165, 1.54) is 29.4 Å². The van der Waals surface area contributed by atoms with Gasteiger partial charge < -0.3 is 34.9 Å². The maximum atomic E-state index is 14.4. The molecule has 6 aliphatic rings. The smallest absolute Gasteiger partial charge is 0.407 e. The molecule has 5 aromatic rings. The van der Waals surface area contributed by atoms with E-state index >= 15 is 0 Å². The van der Waals surface area contributed by atoms with Crippen molar-refractivity contribution in [2.45, 2.75) is 94.8 Å². The van der Waals surface area contributed by atoms with Gasteiger partial charge in [0.05, 0.1) is 31.1 Å². The Kier molecular flexibility index (Phi) is 11.7. The number of methoxy groups -OCH3 is 1. The molecule has 0 unspecified atom stereocenters. The van der Waals surface area contributed by atoms with Gasteiger partial charge in [0.2, 0.25) is 11.8 Å². The SMILES string of the molecule is COC(=O)N[C@@H](C(=O)N1CCC[C@H]1c1ncc(-c2ccc3cc(-c4ccc5c(c4)CCC4=C5CC([C@@H]5CCCN5C(=O)[C@@H](NC(=O)C5CC5)C5CCOCC5)=N4)ccc3c2)[nH]1)c1ccccc1. The second kappa shape index (κ2) is 18.2. The molecule has 4 fully saturated rings. The van der Waals surface area contributed by atoms with Crippen molar-refractivity contribution >= 4 is 45.9 Å². The van der Waals surface area contributed by atoms with Gasteiger partial charge in [-0.2, -0.15) is 0 Å². The van der Waals surface area contributed by atoms with Gasteiger partial charge in [-0.3, -0.25) is 19.4 Å². The van der Waals surface area contributed by atoms with Gasteiger partial charge in [-0.05, 0) is 126 Å². The number of allylic oxidation sites excluding steroid dienone is 2. The lowest BCUT2D eigenvalue weighted by atomic mass is 9.85. The van der Waals surface area contributed by atoms with Crippen LogP contribution < -0.4 is 10.6 Å². The van der Waals surface area contributed by atoms with Gasteiger partial charge in [-0.1, -0.05) is 72.8 Å². The maximum absolute atomic E-state index is 14.4. The highest BCUT2D eigenvalue weighted by molar-refractivity contribution is 6.06. The zero-order chi connectivity index (χ0) is 45.6. The molecule has 2 aliphatic carbocycles. The molecule has 344 valence electrons. The van der Waals surface area contributed by atoms with Crippen molar-refractivity contribution in [2.24, 2.45) is 16.8 Å². The summed E-state index contributed by atoms with van der Waals surface area (Å²) in [7, 11) is 1.29. The number of ether oxygens (including phenoxy) is 2. The topological polar surface area (TPSA) is 158 Å². The summed E-state index contributed by atoms with van der Waals surface area (Å²) >= 11 is 0. The first-order valence-electron chi connectivity index (χ1n) is 24.2. The number of aromatic amines is 1. The summed E-state index contributed by atoms with van der Waals surface area (Å²) in [6.07, 6.45) is 10.5. The predicted octanol–water partition coefficient (Wildman–Crippen LogP) is 8.47. The summed E-state index contributed by atoms with van der Waals surface area (Å²) < 4.78 is 10.5. The number of rotatable bonds is 11. The third-order valence-corrected chi connectivity index (χ3v) is 15.0. The summed E-state index contributed by atoms with van der Waals surface area (Å²) in [6.45, 7) is 2.51. The second-order valence-corrected chi connectivity index (χ2v) is 19.1. The van der Waals surface area contributed by atoms with Crippen LogP contribution >= 0.6 is 0 Å². The number of hydrogen-bond acceptors (Lipinski definition) is 8. The molecule has 1 saturated carbocycles. The Morgan fingerprint density at radius 3 is 2.22 bits per heavy atom. The molecule has 0 radical (unpaired) electrons. The van der Waals surface area contributed by atoms with E-state index < -0.39 is 18.2 Å². The first-order chi connectivity index (χ1) is 32.8. The Hall–Kier alpha value is -6.60. The number of aryl methyl sites for hydroxylation is 1. The summed E-state index contributed by atoms with van der Waals surface area (Å²) in [5, 5.41) is 8.19. The van der Waals surface area contributed by atoms with Crippen molar-refractivity contribution in [2.75, 3.05) is 33.4 Å². The monoisotopic (exact) mass is 899 g/mol. The zero-order valence-corrected chi connectivity index (χ0v) is 38.0. The van der Waals surface area contributed by atoms with E-state index in [9.17, 15) is 19.2 Å². The van der Waals surface area contributed by atoms with Gasteiger partial charge in [-0.25, -0.2) is 9.78 Å². The highest BCUT2D eigenvalue weighted by atomic mass is 16.5. The molecular weight excluding hydrogens is 843 g/mol. The fourth-order valence-corrected chi connectivity index (χ4v) is 11.2. The number of carbonyl (C=O) groups excluding carboxylic acids is 4. The molecule has 13 nitrogen and oxygen atoms in total. The van der Waals surface area contributed by atoms with Crippen molar-refractivity contribution in [1.29, 1.82) is 0 Å². The molecule has 4 aromatic carbocycles. The third-order valence-electron chi connectivity index (χ3n) is 15.0. The number of hydrogen-bond donors (Lipinski definition) is 3. The van der Waals surface area contributed by atoms with E-state index in [1.54, 1.807) is 0 Å². The van der Waals surface area contributed by atoms with Gasteiger partial charge in [-0.15, -0.1) is 0 Å². The van der Waals surface area contributed by atoms with Gasteiger partial charge in [0.25, 0.3) is 5.91 Å². The van der Waals surface area contributed by atoms with Crippen molar-refractivity contribution in [3.8, 4) is 22.4 Å². The minimum absolute atomic E-state index is 0.0284. The van der Waals surface area contributed by atoms with Crippen LogP contribution in [-0.2, 0) is 30.3 Å². The molecule has 0 bridgehead atoms. The molecule has 11 rings (SSSR count). The van der Waals surface area contributed by atoms with E-state index in [1.807, 2.05) is 46.3 Å². The van der Waals surface area contributed by atoms with Gasteiger partial charge in [0, 0.05) is 55.6 Å². The minimum Gasteiger partial charge on any atom is -0.453 e. The van der Waals surface area contributed by atoms with E-state index in [0.717, 1.165) is 115 Å². The number of H-pyrrole nitrogens is 1. The fourth-order valence-electron chi connectivity index (χ4n) is 11.2. The van der Waals surface area contributed by atoms with Crippen molar-refractivity contribution < 1.29 is 28.7 Å². The van der Waals surface area contributed by atoms with Crippen LogP contribution in [-0.4, -0.2) is 94.8 Å². The van der Waals surface area contributed by atoms with Crippen LogP contribution in [0.2, 0.25) is 0 Å². The number of carbonyl (C=O) groups is 4. The summed E-state index contributed by atoms with van der Waals surface area (Å²) in [5.41, 5.74) is 11.0. The van der Waals surface area contributed by atoms with Crippen LogP contribution in [0.1, 0.15) is 98.8 Å². The Morgan fingerprint density at radius 1 is 0.761 bits per heavy atom. The number of aromatic nitrogens is 2. The number of nitrogens with zero attached hydrogens (tertiary/aromatic N) is 4. The largest absolute Gasteiger partial charge is 0.453 e. The highest BCUT2D eigenvalue weighted by Gasteiger charge is 2.43. The van der Waals surface area contributed by atoms with Crippen molar-refractivity contribution in [1.82, 2.24) is 30.4 Å². The minimum atomic E-state index is -0.876. The Labute approximate surface area is 390 Å². The normalized spacial score (nSPS) is 21.4. The van der Waals surface area contributed by atoms with Crippen LogP contribution in [0.4, 0.5) is 4.79 Å². The lowest BCUT2D eigenvalue weighted by molar-refractivity contribution is -0.139. The molecule has 1 aromatic heterocycles. The van der Waals surface area contributed by atoms with Crippen LogP contribution in [0.15, 0.2) is 102 Å². The number of fused-ring (bicyclic) bond motifs is 3. The first kappa shape index (κ1) is 43.0. The average Bonchev–Trinajstić information content (AvgIpc) is 3.78. The molecule has 3 saturated heterocycles. The van der Waals surface area contributed by atoms with E-state index in [0.29, 0.717) is 31.9 Å². The van der Waals surface area contributed by atoms with E-state index in [4.69, 9.17) is 19.5 Å². The van der Waals surface area contributed by atoms with Gasteiger partial charge in [0.15, 0.2) is 0 Å². The van der Waals surface area contributed by atoms with Crippen LogP contribution in [0, 0.1) is 11.8 Å². The van der Waals surface area contributed by atoms with Crippen molar-refractivity contribution in [3.63, 3.8) is 0 Å². The first-order valence-corrected chi connectivity index (χ1v) is 24.2. The molecule has 67 heavy (non-hydrogen) atoms. The summed E-state index contributed by atoms with van der Waals surface area (Å²) in [6, 6.07) is 27.5. The number of alkyl carbamates (subject to hydrolysis) is 1. The fraction of sp³-hybridized carbons (Fsp3) is 0.407. The molecule has 3 N–H and O–H groups in total. The lowest BCUT2D eigenvalue weighted by Gasteiger charge is -2.35. The Bertz CT molecular complexity index is 2810. The third kappa shape index (κ3) is 8.54. The number of aliphatic imine (C=N–C) groups is 1. The number of nitrogens with one attached hydrogen (secondary N) is 3. The standard InChI is InChI=1S/C54H57N7O6/c1-66-54(65)59-49(32-7-3-2-4-8-32)53(64)61-24-6-10-47(61)50-55-31-45(57-50)40-16-15-36-27-35(13-14-37(36)29-40)38-17-19-41-39(28-38)18-20-43-42(41)30-44(56-43)46-9-5-23-60(46)52(63)48(33-21-25-67-26-22-33)58-51(62)34-11-12-34/h2-4,7-8,13-17,19,27-29,31,33-34,46-49H,5-6,9-12,18,20-26,30H2,1H3,(H,55,57)(H,58,62)(H,59,65)/t46-,47-,48-,49+/m0/s1. The molecule has 4 atom stereocenters. The number of benzene rings is 4. The number of imidazole rings is 1. The number of amides is 4. The second-order valence-electron chi connectivity index (χ2n) is 19.1. The molecular formula is C54H57N7O6. The molecule has 5 heterocycles. The van der Waals surface area contributed by atoms with E-state index in [2.05, 4.69) is 70.2 Å². The van der Waals surface area contributed by atoms with Crippen LogP contribution in [0.3, 0.4) is 0 Å². The lowest BCUT2D eigenvalue weighted by Crippen LogP contribution is -2.55. The van der Waals surface area contributed by atoms with Crippen LogP contribution in [0.25, 0.3) is 38.7 Å². The molecule has 4 amide bonds. The Morgan fingerprint density at radius 2 is 1.46 bits per heavy atom. The maximum Gasteiger partial charge on any atom is 0.407 e. The van der Waals surface area contributed by atoms with Gasteiger partial charge >= 0.3 is 6.09 Å². The summed E-state index contributed by atoms with van der Waals surface area (Å²) in [5.74, 6) is 0.742. The molecule has 13 heteroatoms. The zero-order valence-electron chi connectivity index (χ0n) is 38.0. The highest BCUT2D eigenvalue weighted by Crippen LogP contribution is 2.43. The number of likely N-dealkylation sites (tertiary alicyclic amines) is 2.